The molecule has 0 bridgehead atoms. The third kappa shape index (κ3) is 3.28. The number of nitrogens with two attached hydrogens (primary N) is 1. The van der Waals surface area contributed by atoms with Gasteiger partial charge in [0.15, 0.2) is 0 Å². The van der Waals surface area contributed by atoms with Crippen molar-refractivity contribution in [2.45, 2.75) is 38.9 Å². The van der Waals surface area contributed by atoms with Gasteiger partial charge in [-0.05, 0) is 51.4 Å². The molecule has 2 rings (SSSR count). The largest absolute Gasteiger partial charge is 0.491 e. The molecule has 114 valence electrons. The average Bonchev–Trinajstić information content (AvgIpc) is 2.59. The normalized spacial score (nSPS) is 20.9. The number of nitrogen functional groups attached to an aromatic ring is 1. The Balaban J connectivity index is 2.33. The smallest absolute Gasteiger partial charge is 0.400 e. The molecule has 21 heavy (non-hydrogen) atoms. The molecule has 0 atom stereocenters. The zero-order valence-corrected chi connectivity index (χ0v) is 13.7. The number of thiol groups is 1. The van der Waals surface area contributed by atoms with E-state index >= 15 is 0 Å². The van der Waals surface area contributed by atoms with E-state index < -0.39 is 18.3 Å². The molecule has 2 N–H and O–H groups in total. The third-order valence-corrected chi connectivity index (χ3v) is 4.46. The second kappa shape index (κ2) is 5.67. The second-order valence-corrected chi connectivity index (χ2v) is 6.56. The fourth-order valence-corrected chi connectivity index (χ4v) is 2.30. The topological polar surface area (TPSA) is 44.5 Å². The van der Waals surface area contributed by atoms with Crippen molar-refractivity contribution in [2.75, 3.05) is 11.5 Å². The van der Waals surface area contributed by atoms with Crippen molar-refractivity contribution in [1.29, 1.82) is 0 Å². The minimum atomic E-state index is -0.534. The van der Waals surface area contributed by atoms with Gasteiger partial charge in [-0.1, -0.05) is 6.08 Å². The van der Waals surface area contributed by atoms with Crippen molar-refractivity contribution < 1.29 is 13.7 Å². The lowest BCUT2D eigenvalue weighted by atomic mass is 9.78. The van der Waals surface area contributed by atoms with E-state index in [9.17, 15) is 4.39 Å². The SMILES string of the molecule is CC1(C)OB(C(=Cc2cc(N)ccc2F)CS)OC1(C)C. The van der Waals surface area contributed by atoms with Crippen molar-refractivity contribution in [3.8, 4) is 0 Å². The van der Waals surface area contributed by atoms with Crippen LogP contribution in [0.15, 0.2) is 23.7 Å². The molecule has 1 saturated heterocycles. The van der Waals surface area contributed by atoms with Gasteiger partial charge < -0.3 is 15.0 Å². The number of halogens is 1. The molecule has 1 aromatic rings. The predicted molar refractivity (Wildman–Crippen MR) is 88.7 cm³/mol. The van der Waals surface area contributed by atoms with Gasteiger partial charge in [-0.15, -0.1) is 0 Å². The Bertz CT molecular complexity index is 559. The Kier molecular flexibility index (Phi) is 4.43. The van der Waals surface area contributed by atoms with Crippen molar-refractivity contribution >= 4 is 31.5 Å². The van der Waals surface area contributed by atoms with Gasteiger partial charge in [-0.25, -0.2) is 4.39 Å². The predicted octanol–water partition coefficient (Wildman–Crippen LogP) is 3.35. The van der Waals surface area contributed by atoms with E-state index in [1.165, 1.54) is 12.1 Å². The first kappa shape index (κ1) is 16.4. The van der Waals surface area contributed by atoms with E-state index in [4.69, 9.17) is 15.0 Å². The number of hydrogen-bond acceptors (Lipinski definition) is 4. The third-order valence-electron chi connectivity index (χ3n) is 4.10. The van der Waals surface area contributed by atoms with Crippen LogP contribution < -0.4 is 5.73 Å². The van der Waals surface area contributed by atoms with E-state index in [1.54, 1.807) is 12.1 Å². The van der Waals surface area contributed by atoms with Crippen LogP contribution in [0.2, 0.25) is 0 Å². The minimum Gasteiger partial charge on any atom is -0.400 e. The van der Waals surface area contributed by atoms with E-state index in [0.29, 0.717) is 17.0 Å². The molecule has 6 heteroatoms. The number of hydrogen-bond donors (Lipinski definition) is 2. The maximum absolute atomic E-state index is 13.9. The highest BCUT2D eigenvalue weighted by atomic mass is 32.1. The molecule has 1 aromatic carbocycles. The highest BCUT2D eigenvalue weighted by Gasteiger charge is 2.52. The Morgan fingerprint density at radius 3 is 2.38 bits per heavy atom. The van der Waals surface area contributed by atoms with Crippen LogP contribution in [0.3, 0.4) is 0 Å². The van der Waals surface area contributed by atoms with Gasteiger partial charge in [0.2, 0.25) is 0 Å². The Morgan fingerprint density at radius 2 is 1.86 bits per heavy atom. The number of benzene rings is 1. The summed E-state index contributed by atoms with van der Waals surface area (Å²) in [6, 6.07) is 4.47. The zero-order chi connectivity index (χ0) is 15.8. The summed E-state index contributed by atoms with van der Waals surface area (Å²) in [5.74, 6) is 0.0745. The van der Waals surface area contributed by atoms with Crippen LogP contribution in [-0.4, -0.2) is 24.1 Å². The van der Waals surface area contributed by atoms with Gasteiger partial charge in [0.05, 0.1) is 11.2 Å². The second-order valence-electron chi connectivity index (χ2n) is 6.25. The Hall–Kier alpha value is -0.975. The quantitative estimate of drug-likeness (QED) is 0.511. The van der Waals surface area contributed by atoms with Gasteiger partial charge >= 0.3 is 7.12 Å². The van der Waals surface area contributed by atoms with Gasteiger partial charge in [0.1, 0.15) is 5.82 Å². The zero-order valence-electron chi connectivity index (χ0n) is 12.8. The summed E-state index contributed by atoms with van der Waals surface area (Å²) in [5, 5.41) is 0. The summed E-state index contributed by atoms with van der Waals surface area (Å²) in [6.45, 7) is 7.91. The van der Waals surface area contributed by atoms with Crippen LogP contribution in [0.4, 0.5) is 10.1 Å². The maximum atomic E-state index is 13.9. The molecule has 0 radical (unpaired) electrons. The number of rotatable bonds is 3. The highest BCUT2D eigenvalue weighted by molar-refractivity contribution is 7.80. The van der Waals surface area contributed by atoms with Crippen LogP contribution in [0.25, 0.3) is 6.08 Å². The highest BCUT2D eigenvalue weighted by Crippen LogP contribution is 2.39. The molecule has 0 aliphatic carbocycles. The first-order chi connectivity index (χ1) is 9.66. The summed E-state index contributed by atoms with van der Waals surface area (Å²) in [6.07, 6.45) is 1.70. The first-order valence-corrected chi connectivity index (χ1v) is 7.51. The van der Waals surface area contributed by atoms with Crippen LogP contribution in [0.5, 0.6) is 0 Å². The fraction of sp³-hybridized carbons (Fsp3) is 0.467. The van der Waals surface area contributed by atoms with E-state index in [0.717, 1.165) is 5.47 Å². The Morgan fingerprint density at radius 1 is 1.29 bits per heavy atom. The molecular weight excluding hydrogens is 288 g/mol. The van der Waals surface area contributed by atoms with Crippen molar-refractivity contribution in [3.63, 3.8) is 0 Å². The average molecular weight is 309 g/mol. The monoisotopic (exact) mass is 309 g/mol. The summed E-state index contributed by atoms with van der Waals surface area (Å²) in [5.41, 5.74) is 6.52. The van der Waals surface area contributed by atoms with Gasteiger partial charge in [-0.3, -0.25) is 0 Å². The summed E-state index contributed by atoms with van der Waals surface area (Å²) >= 11 is 4.31. The number of anilines is 1. The molecule has 0 saturated carbocycles. The van der Waals surface area contributed by atoms with Crippen LogP contribution >= 0.6 is 12.6 Å². The molecule has 0 aromatic heterocycles. The van der Waals surface area contributed by atoms with Crippen molar-refractivity contribution in [3.05, 3.63) is 35.1 Å². The molecular formula is C15H21BFNO2S. The first-order valence-electron chi connectivity index (χ1n) is 6.88. The lowest BCUT2D eigenvalue weighted by Gasteiger charge is -2.32. The molecule has 0 spiro atoms. The van der Waals surface area contributed by atoms with E-state index in [2.05, 4.69) is 12.6 Å². The summed E-state index contributed by atoms with van der Waals surface area (Å²) in [7, 11) is -0.534. The molecule has 1 aliphatic heterocycles. The van der Waals surface area contributed by atoms with Crippen LogP contribution in [0, 0.1) is 5.82 Å². The lowest BCUT2D eigenvalue weighted by molar-refractivity contribution is 0.00578. The van der Waals surface area contributed by atoms with E-state index in [-0.39, 0.29) is 5.82 Å². The summed E-state index contributed by atoms with van der Waals surface area (Å²) in [4.78, 5) is 0. The van der Waals surface area contributed by atoms with Crippen LogP contribution in [0.1, 0.15) is 33.3 Å². The van der Waals surface area contributed by atoms with Crippen molar-refractivity contribution in [2.24, 2.45) is 0 Å². The van der Waals surface area contributed by atoms with Crippen molar-refractivity contribution in [1.82, 2.24) is 0 Å². The molecule has 1 heterocycles. The van der Waals surface area contributed by atoms with Gasteiger partial charge in [0, 0.05) is 17.0 Å². The lowest BCUT2D eigenvalue weighted by Crippen LogP contribution is -2.41. The maximum Gasteiger partial charge on any atom is 0.491 e. The van der Waals surface area contributed by atoms with E-state index in [1.807, 2.05) is 27.7 Å². The standard InChI is InChI=1S/C15H21BFNO2S/c1-14(2)15(3,4)20-16(19-14)11(9-21)7-10-8-12(18)5-6-13(10)17/h5-8,21H,9,18H2,1-4H3. The van der Waals surface area contributed by atoms with Gasteiger partial charge in [0.25, 0.3) is 0 Å². The minimum absolute atomic E-state index is 0.333. The molecule has 1 fully saturated rings. The summed E-state index contributed by atoms with van der Waals surface area (Å²) < 4.78 is 25.8. The molecule has 1 aliphatic rings. The van der Waals surface area contributed by atoms with Gasteiger partial charge in [-0.2, -0.15) is 12.6 Å². The fourth-order valence-electron chi connectivity index (χ4n) is 2.06. The molecule has 0 amide bonds. The molecule has 0 unspecified atom stereocenters. The van der Waals surface area contributed by atoms with Crippen LogP contribution in [-0.2, 0) is 9.31 Å². The molecule has 3 nitrogen and oxygen atoms in total. The Labute approximate surface area is 131 Å².